The highest BCUT2D eigenvalue weighted by molar-refractivity contribution is 9.10. The van der Waals surface area contributed by atoms with Gasteiger partial charge in [-0.15, -0.1) is 0 Å². The van der Waals surface area contributed by atoms with E-state index in [1.807, 2.05) is 0 Å². The van der Waals surface area contributed by atoms with Crippen molar-refractivity contribution >= 4 is 21.7 Å². The van der Waals surface area contributed by atoms with E-state index in [-0.39, 0.29) is 0 Å². The Hall–Kier alpha value is -0.680. The summed E-state index contributed by atoms with van der Waals surface area (Å²) in [5, 5.41) is 3.16. The lowest BCUT2D eigenvalue weighted by Gasteiger charge is -2.07. The van der Waals surface area contributed by atoms with E-state index in [0.717, 1.165) is 22.7 Å². The third kappa shape index (κ3) is 2.22. The SMILES string of the molecule is NCCNc1nc(C2CC2)ncc1Br. The maximum Gasteiger partial charge on any atom is 0.144 e. The molecule has 0 saturated heterocycles. The van der Waals surface area contributed by atoms with Crippen LogP contribution in [0.1, 0.15) is 24.6 Å². The van der Waals surface area contributed by atoms with Crippen molar-refractivity contribution in [2.45, 2.75) is 18.8 Å². The molecule has 1 aliphatic carbocycles. The van der Waals surface area contributed by atoms with Gasteiger partial charge in [-0.3, -0.25) is 0 Å². The van der Waals surface area contributed by atoms with Gasteiger partial charge < -0.3 is 11.1 Å². The number of halogens is 1. The second-order valence-corrected chi connectivity index (χ2v) is 4.27. The van der Waals surface area contributed by atoms with Crippen molar-refractivity contribution in [3.63, 3.8) is 0 Å². The van der Waals surface area contributed by atoms with Crippen LogP contribution in [0.2, 0.25) is 0 Å². The van der Waals surface area contributed by atoms with E-state index in [2.05, 4.69) is 31.2 Å². The lowest BCUT2D eigenvalue weighted by atomic mass is 10.4. The number of hydrogen-bond donors (Lipinski definition) is 2. The molecule has 2 rings (SSSR count). The lowest BCUT2D eigenvalue weighted by Crippen LogP contribution is -2.14. The van der Waals surface area contributed by atoms with Crippen molar-refractivity contribution in [2.75, 3.05) is 18.4 Å². The Kier molecular flexibility index (Phi) is 2.98. The predicted octanol–water partition coefficient (Wildman–Crippen LogP) is 1.49. The Morgan fingerprint density at radius 2 is 2.36 bits per heavy atom. The van der Waals surface area contributed by atoms with Gasteiger partial charge in [-0.25, -0.2) is 9.97 Å². The van der Waals surface area contributed by atoms with Gasteiger partial charge in [-0.05, 0) is 28.8 Å². The van der Waals surface area contributed by atoms with Crippen LogP contribution < -0.4 is 11.1 Å². The quantitative estimate of drug-likeness (QED) is 0.857. The third-order valence-electron chi connectivity index (χ3n) is 2.14. The molecule has 1 fully saturated rings. The van der Waals surface area contributed by atoms with Crippen molar-refractivity contribution < 1.29 is 0 Å². The molecule has 1 aromatic heterocycles. The smallest absolute Gasteiger partial charge is 0.144 e. The number of nitrogens with one attached hydrogen (secondary N) is 1. The summed E-state index contributed by atoms with van der Waals surface area (Å²) in [6.07, 6.45) is 4.25. The minimum Gasteiger partial charge on any atom is -0.368 e. The molecule has 0 radical (unpaired) electrons. The number of nitrogens with two attached hydrogens (primary N) is 1. The summed E-state index contributed by atoms with van der Waals surface area (Å²) in [4.78, 5) is 8.73. The topological polar surface area (TPSA) is 63.8 Å². The second kappa shape index (κ2) is 4.23. The first-order valence-electron chi connectivity index (χ1n) is 4.77. The largest absolute Gasteiger partial charge is 0.368 e. The van der Waals surface area contributed by atoms with Crippen LogP contribution in [-0.2, 0) is 0 Å². The standard InChI is InChI=1S/C9H13BrN4/c10-7-5-13-8(6-1-2-6)14-9(7)12-4-3-11/h5-6H,1-4,11H2,(H,12,13,14). The molecule has 1 aromatic rings. The molecule has 0 amide bonds. The maximum absolute atomic E-state index is 5.42. The average molecular weight is 257 g/mol. The summed E-state index contributed by atoms with van der Waals surface area (Å²) in [5.74, 6) is 2.39. The molecule has 0 spiro atoms. The maximum atomic E-state index is 5.42. The first-order chi connectivity index (χ1) is 6.81. The highest BCUT2D eigenvalue weighted by atomic mass is 79.9. The monoisotopic (exact) mass is 256 g/mol. The zero-order valence-electron chi connectivity index (χ0n) is 7.83. The summed E-state index contributed by atoms with van der Waals surface area (Å²) in [5.41, 5.74) is 5.42. The number of aromatic nitrogens is 2. The van der Waals surface area contributed by atoms with Crippen LogP contribution in [0.15, 0.2) is 10.7 Å². The van der Waals surface area contributed by atoms with E-state index in [4.69, 9.17) is 5.73 Å². The molecule has 1 heterocycles. The summed E-state index contributed by atoms with van der Waals surface area (Å²) in [6, 6.07) is 0. The lowest BCUT2D eigenvalue weighted by molar-refractivity contribution is 0.911. The molecule has 0 aromatic carbocycles. The van der Waals surface area contributed by atoms with E-state index in [1.165, 1.54) is 12.8 Å². The van der Waals surface area contributed by atoms with Gasteiger partial charge in [0.15, 0.2) is 0 Å². The van der Waals surface area contributed by atoms with Gasteiger partial charge >= 0.3 is 0 Å². The van der Waals surface area contributed by atoms with E-state index < -0.39 is 0 Å². The van der Waals surface area contributed by atoms with Crippen LogP contribution in [0.4, 0.5) is 5.82 Å². The molecular weight excluding hydrogens is 244 g/mol. The molecule has 5 heteroatoms. The fourth-order valence-corrected chi connectivity index (χ4v) is 1.56. The molecule has 0 bridgehead atoms. The Morgan fingerprint density at radius 1 is 1.57 bits per heavy atom. The molecule has 0 atom stereocenters. The van der Waals surface area contributed by atoms with Crippen molar-refractivity contribution in [1.82, 2.24) is 9.97 Å². The van der Waals surface area contributed by atoms with Crippen LogP contribution in [0.3, 0.4) is 0 Å². The minimum atomic E-state index is 0.585. The fourth-order valence-electron chi connectivity index (χ4n) is 1.23. The Balaban J connectivity index is 2.14. The van der Waals surface area contributed by atoms with E-state index in [1.54, 1.807) is 6.20 Å². The van der Waals surface area contributed by atoms with Gasteiger partial charge in [0.1, 0.15) is 11.6 Å². The van der Waals surface area contributed by atoms with Gasteiger partial charge in [0.25, 0.3) is 0 Å². The van der Waals surface area contributed by atoms with Crippen LogP contribution in [0.5, 0.6) is 0 Å². The van der Waals surface area contributed by atoms with Crippen LogP contribution >= 0.6 is 15.9 Å². The molecule has 76 valence electrons. The molecular formula is C9H13BrN4. The second-order valence-electron chi connectivity index (χ2n) is 3.41. The molecule has 14 heavy (non-hydrogen) atoms. The summed E-state index contributed by atoms with van der Waals surface area (Å²) in [6.45, 7) is 1.34. The molecule has 0 unspecified atom stereocenters. The van der Waals surface area contributed by atoms with Crippen molar-refractivity contribution in [2.24, 2.45) is 5.73 Å². The number of hydrogen-bond acceptors (Lipinski definition) is 4. The van der Waals surface area contributed by atoms with Gasteiger partial charge in [0, 0.05) is 25.2 Å². The van der Waals surface area contributed by atoms with E-state index in [0.29, 0.717) is 12.5 Å². The Morgan fingerprint density at radius 3 is 3.00 bits per heavy atom. The fraction of sp³-hybridized carbons (Fsp3) is 0.556. The molecule has 0 aliphatic heterocycles. The average Bonchev–Trinajstić information content (AvgIpc) is 3.00. The normalized spacial score (nSPS) is 15.6. The predicted molar refractivity (Wildman–Crippen MR) is 59.3 cm³/mol. The molecule has 3 N–H and O–H groups in total. The highest BCUT2D eigenvalue weighted by Crippen LogP contribution is 2.38. The summed E-state index contributed by atoms with van der Waals surface area (Å²) in [7, 11) is 0. The first-order valence-corrected chi connectivity index (χ1v) is 5.57. The number of nitrogens with zero attached hydrogens (tertiary/aromatic N) is 2. The van der Waals surface area contributed by atoms with Crippen LogP contribution in [0.25, 0.3) is 0 Å². The van der Waals surface area contributed by atoms with Gasteiger partial charge in [0.05, 0.1) is 4.47 Å². The van der Waals surface area contributed by atoms with Gasteiger partial charge in [0.2, 0.25) is 0 Å². The van der Waals surface area contributed by atoms with Crippen molar-refractivity contribution in [3.05, 3.63) is 16.5 Å². The molecule has 1 aliphatic rings. The number of anilines is 1. The van der Waals surface area contributed by atoms with Crippen molar-refractivity contribution in [3.8, 4) is 0 Å². The summed E-state index contributed by atoms with van der Waals surface area (Å²) < 4.78 is 0.898. The Bertz CT molecular complexity index is 325. The van der Waals surface area contributed by atoms with E-state index in [9.17, 15) is 0 Å². The van der Waals surface area contributed by atoms with Crippen LogP contribution in [-0.4, -0.2) is 23.1 Å². The Labute approximate surface area is 91.4 Å². The summed E-state index contributed by atoms with van der Waals surface area (Å²) >= 11 is 3.40. The van der Waals surface area contributed by atoms with Gasteiger partial charge in [-0.1, -0.05) is 0 Å². The minimum absolute atomic E-state index is 0.585. The van der Waals surface area contributed by atoms with E-state index >= 15 is 0 Å². The zero-order valence-corrected chi connectivity index (χ0v) is 9.42. The first kappa shape index (κ1) is 9.86. The van der Waals surface area contributed by atoms with Crippen molar-refractivity contribution in [1.29, 1.82) is 0 Å². The number of rotatable bonds is 4. The highest BCUT2D eigenvalue weighted by Gasteiger charge is 2.26. The van der Waals surface area contributed by atoms with Gasteiger partial charge in [-0.2, -0.15) is 0 Å². The molecule has 1 saturated carbocycles. The molecule has 4 nitrogen and oxygen atoms in total. The van der Waals surface area contributed by atoms with Crippen LogP contribution in [0, 0.1) is 0 Å². The zero-order chi connectivity index (χ0) is 9.97. The third-order valence-corrected chi connectivity index (χ3v) is 2.72.